The maximum atomic E-state index is 11.3. The molecule has 1 aliphatic heterocycles. The zero-order valence-electron chi connectivity index (χ0n) is 8.86. The lowest BCUT2D eigenvalue weighted by Crippen LogP contribution is -2.28. The van der Waals surface area contributed by atoms with E-state index in [9.17, 15) is 4.79 Å². The van der Waals surface area contributed by atoms with E-state index in [1.807, 2.05) is 12.1 Å². The number of piperidine rings is 1. The van der Waals surface area contributed by atoms with Crippen LogP contribution in [0.3, 0.4) is 0 Å². The molecule has 1 aromatic rings. The van der Waals surface area contributed by atoms with Crippen LogP contribution in [-0.4, -0.2) is 26.2 Å². The largest absolute Gasteiger partial charge is 0.465 e. The van der Waals surface area contributed by atoms with Gasteiger partial charge in [0.15, 0.2) is 0 Å². The number of thiophene rings is 1. The fourth-order valence-corrected chi connectivity index (χ4v) is 2.80. The van der Waals surface area contributed by atoms with Crippen molar-refractivity contribution in [2.75, 3.05) is 25.1 Å². The lowest BCUT2D eigenvalue weighted by Gasteiger charge is -2.26. The van der Waals surface area contributed by atoms with Crippen molar-refractivity contribution in [3.63, 3.8) is 0 Å². The summed E-state index contributed by atoms with van der Waals surface area (Å²) >= 11 is 1.52. The molecular formula is C11H15NO2S. The number of carbonyl (C=O) groups excluding carboxylic acids is 1. The summed E-state index contributed by atoms with van der Waals surface area (Å²) < 4.78 is 4.69. The molecule has 1 aliphatic rings. The Balaban J connectivity index is 2.08. The Hall–Kier alpha value is -1.03. The maximum Gasteiger partial charge on any atom is 0.348 e. The number of hydrogen-bond acceptors (Lipinski definition) is 4. The van der Waals surface area contributed by atoms with Gasteiger partial charge in [-0.2, -0.15) is 0 Å². The molecular weight excluding hydrogens is 210 g/mol. The first-order valence-electron chi connectivity index (χ1n) is 5.24. The highest BCUT2D eigenvalue weighted by Gasteiger charge is 2.15. The standard InChI is InChI=1S/C11H15NO2S/c1-14-11(13)9-5-6-10(15-9)12-7-3-2-4-8-12/h5-6H,2-4,7-8H2,1H3. The van der Waals surface area contributed by atoms with E-state index in [-0.39, 0.29) is 5.97 Å². The van der Waals surface area contributed by atoms with E-state index >= 15 is 0 Å². The van der Waals surface area contributed by atoms with Crippen molar-refractivity contribution in [1.82, 2.24) is 0 Å². The minimum Gasteiger partial charge on any atom is -0.465 e. The molecule has 15 heavy (non-hydrogen) atoms. The minimum absolute atomic E-state index is 0.233. The Morgan fingerprint density at radius 2 is 2.07 bits per heavy atom. The summed E-state index contributed by atoms with van der Waals surface area (Å²) in [6, 6.07) is 3.86. The SMILES string of the molecule is COC(=O)c1ccc(N2CCCCC2)s1. The molecule has 0 aliphatic carbocycles. The molecule has 0 amide bonds. The molecule has 0 N–H and O–H groups in total. The Labute approximate surface area is 93.7 Å². The van der Waals surface area contributed by atoms with E-state index in [1.165, 1.54) is 42.7 Å². The normalized spacial score (nSPS) is 16.5. The molecule has 3 nitrogen and oxygen atoms in total. The van der Waals surface area contributed by atoms with Crippen LogP contribution >= 0.6 is 11.3 Å². The zero-order valence-corrected chi connectivity index (χ0v) is 9.68. The van der Waals surface area contributed by atoms with Crippen molar-refractivity contribution in [3.05, 3.63) is 17.0 Å². The summed E-state index contributed by atoms with van der Waals surface area (Å²) in [4.78, 5) is 14.3. The smallest absolute Gasteiger partial charge is 0.348 e. The van der Waals surface area contributed by atoms with Gasteiger partial charge in [0.2, 0.25) is 0 Å². The number of methoxy groups -OCH3 is 1. The van der Waals surface area contributed by atoms with Gasteiger partial charge in [0.05, 0.1) is 12.1 Å². The zero-order chi connectivity index (χ0) is 10.7. The molecule has 0 radical (unpaired) electrons. The predicted molar refractivity (Wildman–Crippen MR) is 61.7 cm³/mol. The van der Waals surface area contributed by atoms with Crippen molar-refractivity contribution in [2.24, 2.45) is 0 Å². The molecule has 4 heteroatoms. The van der Waals surface area contributed by atoms with Gasteiger partial charge in [0.1, 0.15) is 4.88 Å². The van der Waals surface area contributed by atoms with Crippen LogP contribution < -0.4 is 4.90 Å². The van der Waals surface area contributed by atoms with Gasteiger partial charge in [-0.1, -0.05) is 0 Å². The van der Waals surface area contributed by atoms with E-state index in [4.69, 9.17) is 0 Å². The molecule has 0 saturated carbocycles. The molecule has 1 aromatic heterocycles. The summed E-state index contributed by atoms with van der Waals surface area (Å²) in [5.41, 5.74) is 0. The average molecular weight is 225 g/mol. The third kappa shape index (κ3) is 2.31. The van der Waals surface area contributed by atoms with Gasteiger partial charge in [-0.25, -0.2) is 4.79 Å². The summed E-state index contributed by atoms with van der Waals surface area (Å²) in [5, 5.41) is 1.19. The number of ether oxygens (including phenoxy) is 1. The molecule has 2 rings (SSSR count). The fourth-order valence-electron chi connectivity index (χ4n) is 1.82. The van der Waals surface area contributed by atoms with Crippen LogP contribution in [0.2, 0.25) is 0 Å². The highest BCUT2D eigenvalue weighted by Crippen LogP contribution is 2.28. The number of rotatable bonds is 2. The summed E-state index contributed by atoms with van der Waals surface area (Å²) in [6.07, 6.45) is 3.84. The summed E-state index contributed by atoms with van der Waals surface area (Å²) in [7, 11) is 1.42. The first-order chi connectivity index (χ1) is 7.31. The van der Waals surface area contributed by atoms with Crippen LogP contribution in [0.15, 0.2) is 12.1 Å². The van der Waals surface area contributed by atoms with Crippen LogP contribution in [0, 0.1) is 0 Å². The van der Waals surface area contributed by atoms with E-state index < -0.39 is 0 Å². The topological polar surface area (TPSA) is 29.5 Å². The Morgan fingerprint density at radius 1 is 1.33 bits per heavy atom. The van der Waals surface area contributed by atoms with Crippen molar-refractivity contribution in [1.29, 1.82) is 0 Å². The van der Waals surface area contributed by atoms with E-state index in [1.54, 1.807) is 0 Å². The molecule has 0 aromatic carbocycles. The molecule has 0 unspecified atom stereocenters. The number of nitrogens with zero attached hydrogens (tertiary/aromatic N) is 1. The van der Waals surface area contributed by atoms with Gasteiger partial charge in [0.25, 0.3) is 0 Å². The van der Waals surface area contributed by atoms with Gasteiger partial charge < -0.3 is 9.64 Å². The first-order valence-corrected chi connectivity index (χ1v) is 6.06. The third-order valence-corrected chi connectivity index (χ3v) is 3.77. The Morgan fingerprint density at radius 3 is 2.73 bits per heavy atom. The Bertz CT molecular complexity index is 342. The summed E-state index contributed by atoms with van der Waals surface area (Å²) in [5.74, 6) is -0.233. The molecule has 0 spiro atoms. The molecule has 2 heterocycles. The van der Waals surface area contributed by atoms with Gasteiger partial charge >= 0.3 is 5.97 Å². The predicted octanol–water partition coefficient (Wildman–Crippen LogP) is 2.53. The second kappa shape index (κ2) is 4.66. The van der Waals surface area contributed by atoms with Crippen molar-refractivity contribution < 1.29 is 9.53 Å². The van der Waals surface area contributed by atoms with Crippen LogP contribution in [0.5, 0.6) is 0 Å². The van der Waals surface area contributed by atoms with Crippen molar-refractivity contribution in [3.8, 4) is 0 Å². The second-order valence-electron chi connectivity index (χ2n) is 3.68. The van der Waals surface area contributed by atoms with Crippen LogP contribution in [0.4, 0.5) is 5.00 Å². The average Bonchev–Trinajstić information content (AvgIpc) is 2.78. The Kier molecular flexibility index (Phi) is 3.26. The van der Waals surface area contributed by atoms with E-state index in [2.05, 4.69) is 9.64 Å². The quantitative estimate of drug-likeness (QED) is 0.724. The molecule has 1 fully saturated rings. The van der Waals surface area contributed by atoms with Gasteiger partial charge in [-0.3, -0.25) is 0 Å². The van der Waals surface area contributed by atoms with Gasteiger partial charge in [-0.15, -0.1) is 11.3 Å². The first kappa shape index (κ1) is 10.5. The van der Waals surface area contributed by atoms with Crippen LogP contribution in [-0.2, 0) is 4.74 Å². The fraction of sp³-hybridized carbons (Fsp3) is 0.545. The van der Waals surface area contributed by atoms with Crippen LogP contribution in [0.25, 0.3) is 0 Å². The molecule has 1 saturated heterocycles. The number of hydrogen-bond donors (Lipinski definition) is 0. The van der Waals surface area contributed by atoms with Crippen molar-refractivity contribution in [2.45, 2.75) is 19.3 Å². The molecule has 0 atom stereocenters. The maximum absolute atomic E-state index is 11.3. The number of anilines is 1. The number of carbonyl (C=O) groups is 1. The number of esters is 1. The van der Waals surface area contributed by atoms with E-state index in [0.29, 0.717) is 4.88 Å². The lowest BCUT2D eigenvalue weighted by molar-refractivity contribution is 0.0606. The highest BCUT2D eigenvalue weighted by atomic mass is 32.1. The molecule has 0 bridgehead atoms. The second-order valence-corrected chi connectivity index (χ2v) is 4.74. The lowest BCUT2D eigenvalue weighted by atomic mass is 10.1. The van der Waals surface area contributed by atoms with E-state index in [0.717, 1.165) is 13.1 Å². The third-order valence-electron chi connectivity index (χ3n) is 2.65. The van der Waals surface area contributed by atoms with Crippen LogP contribution in [0.1, 0.15) is 28.9 Å². The van der Waals surface area contributed by atoms with Crippen molar-refractivity contribution >= 4 is 22.3 Å². The van der Waals surface area contributed by atoms with Gasteiger partial charge in [0, 0.05) is 13.1 Å². The van der Waals surface area contributed by atoms with Gasteiger partial charge in [-0.05, 0) is 31.4 Å². The minimum atomic E-state index is -0.233. The monoisotopic (exact) mass is 225 g/mol. The highest BCUT2D eigenvalue weighted by molar-refractivity contribution is 7.17. The summed E-state index contributed by atoms with van der Waals surface area (Å²) in [6.45, 7) is 2.22. The molecule has 82 valence electrons.